The molecule has 1 saturated heterocycles. The molecule has 130 valence electrons. The minimum atomic E-state index is -0.402. The number of ether oxygens (including phenoxy) is 1. The third kappa shape index (κ3) is 2.65. The Labute approximate surface area is 144 Å². The van der Waals surface area contributed by atoms with E-state index in [0.717, 1.165) is 12.0 Å². The quantitative estimate of drug-likeness (QED) is 0.796. The van der Waals surface area contributed by atoms with E-state index in [2.05, 4.69) is 10.1 Å². The Hall–Kier alpha value is -2.83. The lowest BCUT2D eigenvalue weighted by molar-refractivity contribution is 0.0782. The SMILES string of the molecule is COc1ccc(F)c2[nH]c(C(=O)N3CCC(n4cc(C)cn4)C3)cc12. The second-order valence-corrected chi connectivity index (χ2v) is 6.41. The van der Waals surface area contributed by atoms with E-state index in [4.69, 9.17) is 4.74 Å². The van der Waals surface area contributed by atoms with Gasteiger partial charge in [0.05, 0.1) is 24.9 Å². The van der Waals surface area contributed by atoms with Crippen molar-refractivity contribution in [1.29, 1.82) is 0 Å². The fraction of sp³-hybridized carbons (Fsp3) is 0.333. The molecule has 25 heavy (non-hydrogen) atoms. The zero-order valence-electron chi connectivity index (χ0n) is 14.1. The van der Waals surface area contributed by atoms with Crippen LogP contribution in [0.4, 0.5) is 4.39 Å². The molecule has 1 fully saturated rings. The number of methoxy groups -OCH3 is 1. The van der Waals surface area contributed by atoms with Crippen molar-refractivity contribution in [2.45, 2.75) is 19.4 Å². The van der Waals surface area contributed by atoms with Gasteiger partial charge in [-0.2, -0.15) is 5.10 Å². The van der Waals surface area contributed by atoms with E-state index in [0.29, 0.717) is 35.4 Å². The topological polar surface area (TPSA) is 63.2 Å². The number of rotatable bonds is 3. The number of carbonyl (C=O) groups excluding carboxylic acids is 1. The Morgan fingerprint density at radius 1 is 1.44 bits per heavy atom. The Bertz CT molecular complexity index is 946. The molecule has 3 heterocycles. The van der Waals surface area contributed by atoms with Gasteiger partial charge in [0.25, 0.3) is 5.91 Å². The number of carbonyl (C=O) groups is 1. The molecule has 6 nitrogen and oxygen atoms in total. The summed E-state index contributed by atoms with van der Waals surface area (Å²) in [7, 11) is 1.53. The number of nitrogens with zero attached hydrogens (tertiary/aromatic N) is 3. The average molecular weight is 342 g/mol. The first-order chi connectivity index (χ1) is 12.1. The fourth-order valence-corrected chi connectivity index (χ4v) is 3.40. The molecule has 1 N–H and O–H groups in total. The second-order valence-electron chi connectivity index (χ2n) is 6.41. The molecule has 4 rings (SSSR count). The van der Waals surface area contributed by atoms with Crippen molar-refractivity contribution in [2.24, 2.45) is 0 Å². The number of likely N-dealkylation sites (tertiary alicyclic amines) is 1. The van der Waals surface area contributed by atoms with E-state index in [-0.39, 0.29) is 11.9 Å². The van der Waals surface area contributed by atoms with Crippen LogP contribution in [0.3, 0.4) is 0 Å². The van der Waals surface area contributed by atoms with Gasteiger partial charge in [-0.25, -0.2) is 4.39 Å². The molecule has 1 atom stereocenters. The van der Waals surface area contributed by atoms with Gasteiger partial charge in [-0.1, -0.05) is 0 Å². The zero-order chi connectivity index (χ0) is 17.6. The van der Waals surface area contributed by atoms with Crippen molar-refractivity contribution in [2.75, 3.05) is 20.2 Å². The van der Waals surface area contributed by atoms with Crippen LogP contribution in [0.15, 0.2) is 30.6 Å². The normalized spacial score (nSPS) is 17.4. The predicted molar refractivity (Wildman–Crippen MR) is 91.3 cm³/mol. The Morgan fingerprint density at radius 2 is 2.28 bits per heavy atom. The minimum Gasteiger partial charge on any atom is -0.496 e. The third-order valence-electron chi connectivity index (χ3n) is 4.71. The fourth-order valence-electron chi connectivity index (χ4n) is 3.40. The van der Waals surface area contributed by atoms with Gasteiger partial charge < -0.3 is 14.6 Å². The second kappa shape index (κ2) is 5.91. The number of fused-ring (bicyclic) bond motifs is 1. The summed E-state index contributed by atoms with van der Waals surface area (Å²) in [5.41, 5.74) is 1.76. The molecule has 0 saturated carbocycles. The molecule has 1 aliphatic heterocycles. The van der Waals surface area contributed by atoms with Crippen LogP contribution in [0.5, 0.6) is 5.75 Å². The lowest BCUT2D eigenvalue weighted by Crippen LogP contribution is -2.29. The summed E-state index contributed by atoms with van der Waals surface area (Å²) in [6.07, 6.45) is 4.66. The summed E-state index contributed by atoms with van der Waals surface area (Å²) in [5, 5.41) is 4.91. The van der Waals surface area contributed by atoms with Crippen molar-refractivity contribution < 1.29 is 13.9 Å². The van der Waals surface area contributed by atoms with E-state index < -0.39 is 5.82 Å². The molecule has 0 spiro atoms. The Morgan fingerprint density at radius 3 is 3.00 bits per heavy atom. The Kier molecular flexibility index (Phi) is 3.71. The highest BCUT2D eigenvalue weighted by molar-refractivity contribution is 6.00. The number of halogens is 1. The van der Waals surface area contributed by atoms with Gasteiger partial charge in [0.15, 0.2) is 0 Å². The van der Waals surface area contributed by atoms with Crippen LogP contribution in [0.2, 0.25) is 0 Å². The molecule has 0 radical (unpaired) electrons. The molecule has 0 aliphatic carbocycles. The van der Waals surface area contributed by atoms with Crippen LogP contribution in [0.1, 0.15) is 28.5 Å². The molecule has 1 aromatic carbocycles. The maximum atomic E-state index is 14.0. The van der Waals surface area contributed by atoms with Crippen LogP contribution < -0.4 is 4.74 Å². The summed E-state index contributed by atoms with van der Waals surface area (Å²) >= 11 is 0. The number of amides is 1. The minimum absolute atomic E-state index is 0.135. The van der Waals surface area contributed by atoms with Crippen molar-refractivity contribution in [3.63, 3.8) is 0 Å². The summed E-state index contributed by atoms with van der Waals surface area (Å²) in [6, 6.07) is 4.72. The highest BCUT2D eigenvalue weighted by atomic mass is 19.1. The molecule has 3 aromatic rings. The van der Waals surface area contributed by atoms with Gasteiger partial charge in [0.2, 0.25) is 0 Å². The monoisotopic (exact) mass is 342 g/mol. The van der Waals surface area contributed by atoms with Crippen molar-refractivity contribution in [1.82, 2.24) is 19.7 Å². The summed E-state index contributed by atoms with van der Waals surface area (Å²) in [5.74, 6) is 0.00297. The van der Waals surface area contributed by atoms with Crippen molar-refractivity contribution in [3.8, 4) is 5.75 Å². The Balaban J connectivity index is 1.59. The standard InChI is InChI=1S/C18H19FN4O2/c1-11-8-20-23(9-11)12-5-6-22(10-12)18(24)15-7-13-16(25-2)4-3-14(19)17(13)21-15/h3-4,7-9,12,21H,5-6,10H2,1-2H3. The third-order valence-corrected chi connectivity index (χ3v) is 4.71. The molecule has 7 heteroatoms. The van der Waals surface area contributed by atoms with Gasteiger partial charge in [-0.3, -0.25) is 9.48 Å². The molecule has 0 bridgehead atoms. The van der Waals surface area contributed by atoms with Gasteiger partial charge in [-0.05, 0) is 37.1 Å². The first-order valence-electron chi connectivity index (χ1n) is 8.22. The smallest absolute Gasteiger partial charge is 0.270 e. The molecule has 1 aliphatic rings. The summed E-state index contributed by atoms with van der Waals surface area (Å²) in [6.45, 7) is 3.24. The maximum Gasteiger partial charge on any atom is 0.270 e. The van der Waals surface area contributed by atoms with Crippen LogP contribution in [-0.4, -0.2) is 45.8 Å². The summed E-state index contributed by atoms with van der Waals surface area (Å²) in [4.78, 5) is 17.5. The molecule has 1 unspecified atom stereocenters. The molecule has 2 aromatic heterocycles. The van der Waals surface area contributed by atoms with Crippen molar-refractivity contribution in [3.05, 3.63) is 47.7 Å². The number of benzene rings is 1. The van der Waals surface area contributed by atoms with Gasteiger partial charge in [0, 0.05) is 24.7 Å². The lowest BCUT2D eigenvalue weighted by atomic mass is 10.2. The van der Waals surface area contributed by atoms with Crippen LogP contribution in [-0.2, 0) is 0 Å². The first kappa shape index (κ1) is 15.7. The largest absolute Gasteiger partial charge is 0.496 e. The maximum absolute atomic E-state index is 14.0. The summed E-state index contributed by atoms with van der Waals surface area (Å²) < 4.78 is 21.2. The van der Waals surface area contributed by atoms with Crippen molar-refractivity contribution >= 4 is 16.8 Å². The zero-order valence-corrected chi connectivity index (χ0v) is 14.1. The highest BCUT2D eigenvalue weighted by Crippen LogP contribution is 2.30. The van der Waals surface area contributed by atoms with E-state index in [9.17, 15) is 9.18 Å². The number of aryl methyl sites for hydroxylation is 1. The number of nitrogens with one attached hydrogen (secondary N) is 1. The average Bonchev–Trinajstić information content (AvgIpc) is 3.33. The number of H-pyrrole nitrogens is 1. The number of hydrogen-bond donors (Lipinski definition) is 1. The predicted octanol–water partition coefficient (Wildman–Crippen LogP) is 2.91. The van der Waals surface area contributed by atoms with E-state index in [1.54, 1.807) is 17.0 Å². The van der Waals surface area contributed by atoms with Gasteiger partial charge >= 0.3 is 0 Å². The molecular weight excluding hydrogens is 323 g/mol. The number of hydrogen-bond acceptors (Lipinski definition) is 3. The van der Waals surface area contributed by atoms with Crippen LogP contribution >= 0.6 is 0 Å². The van der Waals surface area contributed by atoms with E-state index >= 15 is 0 Å². The number of aromatic amines is 1. The molecule has 1 amide bonds. The van der Waals surface area contributed by atoms with E-state index in [1.807, 2.05) is 24.0 Å². The lowest BCUT2D eigenvalue weighted by Gasteiger charge is -2.15. The van der Waals surface area contributed by atoms with Gasteiger partial charge in [-0.15, -0.1) is 0 Å². The van der Waals surface area contributed by atoms with E-state index in [1.165, 1.54) is 13.2 Å². The number of aromatic nitrogens is 3. The van der Waals surface area contributed by atoms with Crippen LogP contribution in [0, 0.1) is 12.7 Å². The highest BCUT2D eigenvalue weighted by Gasteiger charge is 2.29. The van der Waals surface area contributed by atoms with Crippen LogP contribution in [0.25, 0.3) is 10.9 Å². The van der Waals surface area contributed by atoms with Gasteiger partial charge in [0.1, 0.15) is 17.3 Å². The molecular formula is C18H19FN4O2. The first-order valence-corrected chi connectivity index (χ1v) is 8.22.